The number of alkyl halides is 1. The number of aryl methyl sites for hydroxylation is 1. The van der Waals surface area contributed by atoms with Crippen molar-refractivity contribution in [1.29, 1.82) is 0 Å². The Morgan fingerprint density at radius 1 is 1.38 bits per heavy atom. The number of methoxy groups -OCH3 is 1. The maximum absolute atomic E-state index is 6.62. The van der Waals surface area contributed by atoms with Gasteiger partial charge in [-0.1, -0.05) is 12.1 Å². The Balaban J connectivity index is 1.94. The van der Waals surface area contributed by atoms with Gasteiger partial charge >= 0.3 is 0 Å². The number of nitrogens with zero attached hydrogens (tertiary/aromatic N) is 2. The molecule has 1 saturated heterocycles. The van der Waals surface area contributed by atoms with E-state index in [0.717, 1.165) is 17.9 Å². The van der Waals surface area contributed by atoms with Crippen molar-refractivity contribution in [3.63, 3.8) is 0 Å². The predicted molar refractivity (Wildman–Crippen MR) is 89.5 cm³/mol. The molecule has 0 N–H and O–H groups in total. The first-order chi connectivity index (χ1) is 10.0. The lowest BCUT2D eigenvalue weighted by atomic mass is 10.0. The van der Waals surface area contributed by atoms with Gasteiger partial charge in [0.05, 0.1) is 12.5 Å². The summed E-state index contributed by atoms with van der Waals surface area (Å²) in [5.41, 5.74) is 2.32. The normalized spacial score (nSPS) is 19.0. The average molecular weight is 311 g/mol. The number of ether oxygens (including phenoxy) is 1. The van der Waals surface area contributed by atoms with Crippen molar-refractivity contribution in [3.8, 4) is 5.75 Å². The lowest BCUT2D eigenvalue weighted by molar-refractivity contribution is 0.144. The van der Waals surface area contributed by atoms with Gasteiger partial charge in [0.15, 0.2) is 0 Å². The van der Waals surface area contributed by atoms with Crippen molar-refractivity contribution in [3.05, 3.63) is 29.3 Å². The Labute approximate surface area is 133 Å². The molecule has 1 unspecified atom stereocenters. The first kappa shape index (κ1) is 16.6. The molecule has 1 aromatic rings. The molecular weight excluding hydrogens is 284 g/mol. The second kappa shape index (κ2) is 7.48. The molecule has 0 radical (unpaired) electrons. The minimum absolute atomic E-state index is 0.0271. The number of hydrogen-bond donors (Lipinski definition) is 0. The van der Waals surface area contributed by atoms with Crippen molar-refractivity contribution in [2.45, 2.75) is 31.2 Å². The van der Waals surface area contributed by atoms with Gasteiger partial charge in [0.25, 0.3) is 0 Å². The second-order valence-corrected chi connectivity index (χ2v) is 6.70. The van der Waals surface area contributed by atoms with Crippen LogP contribution in [0.25, 0.3) is 0 Å². The van der Waals surface area contributed by atoms with Gasteiger partial charge < -0.3 is 14.5 Å². The minimum Gasteiger partial charge on any atom is -0.496 e. The number of likely N-dealkylation sites (tertiary alicyclic amines) is 1. The first-order valence-corrected chi connectivity index (χ1v) is 8.12. The molecule has 21 heavy (non-hydrogen) atoms. The van der Waals surface area contributed by atoms with Crippen LogP contribution in [0.5, 0.6) is 5.75 Å². The van der Waals surface area contributed by atoms with E-state index in [-0.39, 0.29) is 5.38 Å². The molecular formula is C17H27ClN2O. The molecule has 0 amide bonds. The molecule has 4 heteroatoms. The van der Waals surface area contributed by atoms with Gasteiger partial charge in [-0.3, -0.25) is 0 Å². The summed E-state index contributed by atoms with van der Waals surface area (Å²) in [6.07, 6.45) is 2.47. The molecule has 1 atom stereocenters. The van der Waals surface area contributed by atoms with Crippen LogP contribution >= 0.6 is 11.6 Å². The van der Waals surface area contributed by atoms with Gasteiger partial charge in [-0.25, -0.2) is 0 Å². The third kappa shape index (κ3) is 4.35. The van der Waals surface area contributed by atoms with Crippen LogP contribution in [0.1, 0.15) is 29.3 Å². The summed E-state index contributed by atoms with van der Waals surface area (Å²) in [5.74, 6) is 0.922. The molecule has 0 bridgehead atoms. The number of halogens is 1. The van der Waals surface area contributed by atoms with Crippen molar-refractivity contribution in [2.24, 2.45) is 0 Å². The monoisotopic (exact) mass is 310 g/mol. The number of hydrogen-bond acceptors (Lipinski definition) is 3. The van der Waals surface area contributed by atoms with Crippen LogP contribution in [0.3, 0.4) is 0 Å². The Hall–Kier alpha value is -0.770. The molecule has 0 aliphatic carbocycles. The van der Waals surface area contributed by atoms with E-state index in [0.29, 0.717) is 6.04 Å². The quantitative estimate of drug-likeness (QED) is 0.776. The van der Waals surface area contributed by atoms with Gasteiger partial charge in [-0.15, -0.1) is 11.6 Å². The molecule has 2 rings (SSSR count). The highest BCUT2D eigenvalue weighted by atomic mass is 35.5. The van der Waals surface area contributed by atoms with E-state index in [1.807, 2.05) is 6.07 Å². The van der Waals surface area contributed by atoms with E-state index in [4.69, 9.17) is 16.3 Å². The fourth-order valence-electron chi connectivity index (χ4n) is 3.04. The van der Waals surface area contributed by atoms with Gasteiger partial charge in [0.1, 0.15) is 5.75 Å². The van der Waals surface area contributed by atoms with Crippen LogP contribution in [0.4, 0.5) is 0 Å². The van der Waals surface area contributed by atoms with E-state index >= 15 is 0 Å². The topological polar surface area (TPSA) is 15.7 Å². The molecule has 1 aromatic carbocycles. The van der Waals surface area contributed by atoms with Crippen molar-refractivity contribution < 1.29 is 4.74 Å². The van der Waals surface area contributed by atoms with Crippen molar-refractivity contribution in [1.82, 2.24) is 9.80 Å². The summed E-state index contributed by atoms with van der Waals surface area (Å²) in [5, 5.41) is 0.0271. The van der Waals surface area contributed by atoms with E-state index < -0.39 is 0 Å². The smallest absolute Gasteiger partial charge is 0.121 e. The zero-order valence-electron chi connectivity index (χ0n) is 13.6. The zero-order valence-corrected chi connectivity index (χ0v) is 14.4. The van der Waals surface area contributed by atoms with Crippen LogP contribution in [0, 0.1) is 6.92 Å². The van der Waals surface area contributed by atoms with E-state index in [1.165, 1.54) is 31.5 Å². The Kier molecular flexibility index (Phi) is 5.91. The largest absolute Gasteiger partial charge is 0.496 e. The van der Waals surface area contributed by atoms with Crippen LogP contribution in [-0.4, -0.2) is 56.7 Å². The fourth-order valence-corrected chi connectivity index (χ4v) is 3.39. The summed E-state index contributed by atoms with van der Waals surface area (Å²) < 4.78 is 5.31. The Morgan fingerprint density at radius 3 is 2.62 bits per heavy atom. The highest BCUT2D eigenvalue weighted by molar-refractivity contribution is 6.21. The van der Waals surface area contributed by atoms with E-state index in [2.05, 4.69) is 43.0 Å². The summed E-state index contributed by atoms with van der Waals surface area (Å²) in [7, 11) is 6.09. The summed E-state index contributed by atoms with van der Waals surface area (Å²) >= 11 is 6.62. The lowest BCUT2D eigenvalue weighted by Crippen LogP contribution is -2.42. The maximum Gasteiger partial charge on any atom is 0.121 e. The van der Waals surface area contributed by atoms with Crippen molar-refractivity contribution >= 4 is 11.6 Å². The molecule has 0 aromatic heterocycles. The highest BCUT2D eigenvalue weighted by Crippen LogP contribution is 2.28. The molecule has 0 spiro atoms. The number of benzene rings is 1. The molecule has 118 valence electrons. The van der Waals surface area contributed by atoms with Crippen LogP contribution in [-0.2, 0) is 0 Å². The SMILES string of the molecule is COc1ccc(C(Cl)CN(C)C2CCN(C)CC2)cc1C. The average Bonchev–Trinajstić information content (AvgIpc) is 2.47. The number of rotatable bonds is 5. The van der Waals surface area contributed by atoms with E-state index in [1.54, 1.807) is 7.11 Å². The molecule has 1 aliphatic heterocycles. The summed E-state index contributed by atoms with van der Waals surface area (Å²) in [6.45, 7) is 5.32. The minimum atomic E-state index is 0.0271. The number of piperidine rings is 1. The van der Waals surface area contributed by atoms with Crippen LogP contribution < -0.4 is 4.74 Å². The van der Waals surface area contributed by atoms with Gasteiger partial charge in [-0.05, 0) is 64.1 Å². The molecule has 3 nitrogen and oxygen atoms in total. The zero-order chi connectivity index (χ0) is 15.4. The highest BCUT2D eigenvalue weighted by Gasteiger charge is 2.22. The lowest BCUT2D eigenvalue weighted by Gasteiger charge is -2.36. The van der Waals surface area contributed by atoms with Gasteiger partial charge in [-0.2, -0.15) is 0 Å². The standard InChI is InChI=1S/C17H27ClN2O/c1-13-11-14(5-6-17(13)21-4)16(18)12-20(3)15-7-9-19(2)10-8-15/h5-6,11,15-16H,7-10,12H2,1-4H3. The van der Waals surface area contributed by atoms with Gasteiger partial charge in [0.2, 0.25) is 0 Å². The maximum atomic E-state index is 6.62. The molecule has 1 heterocycles. The van der Waals surface area contributed by atoms with Crippen LogP contribution in [0.2, 0.25) is 0 Å². The van der Waals surface area contributed by atoms with Gasteiger partial charge in [0, 0.05) is 12.6 Å². The second-order valence-electron chi connectivity index (χ2n) is 6.17. The third-order valence-electron chi connectivity index (χ3n) is 4.54. The first-order valence-electron chi connectivity index (χ1n) is 7.68. The molecule has 1 aliphatic rings. The summed E-state index contributed by atoms with van der Waals surface area (Å²) in [6, 6.07) is 6.88. The third-order valence-corrected chi connectivity index (χ3v) is 4.93. The number of likely N-dealkylation sites (N-methyl/N-ethyl adjacent to an activating group) is 1. The molecule has 1 fully saturated rings. The molecule has 0 saturated carbocycles. The predicted octanol–water partition coefficient (Wildman–Crippen LogP) is 3.31. The van der Waals surface area contributed by atoms with Crippen LogP contribution in [0.15, 0.2) is 18.2 Å². The fraction of sp³-hybridized carbons (Fsp3) is 0.647. The van der Waals surface area contributed by atoms with E-state index in [9.17, 15) is 0 Å². The van der Waals surface area contributed by atoms with Crippen molar-refractivity contribution in [2.75, 3.05) is 40.8 Å². The Bertz CT molecular complexity index is 458. The Morgan fingerprint density at radius 2 is 2.05 bits per heavy atom. The summed E-state index contributed by atoms with van der Waals surface area (Å²) in [4.78, 5) is 4.82.